The molecule has 0 atom stereocenters. The fourth-order valence-electron chi connectivity index (χ4n) is 1.34. The first kappa shape index (κ1) is 14.0. The summed E-state index contributed by atoms with van der Waals surface area (Å²) < 4.78 is 6.38. The molecule has 1 aromatic rings. The highest BCUT2D eigenvalue weighted by Gasteiger charge is 2.10. The number of rotatable bonds is 4. The number of nitrogens with one attached hydrogen (secondary N) is 1. The predicted octanol–water partition coefficient (Wildman–Crippen LogP) is 3.37. The zero-order chi connectivity index (χ0) is 13.0. The highest BCUT2D eigenvalue weighted by atomic mass is 79.9. The second-order valence-electron chi connectivity index (χ2n) is 4.44. The number of hydrogen-bond acceptors (Lipinski definition) is 2. The highest BCUT2D eigenvalue weighted by Crippen LogP contribution is 2.26. The van der Waals surface area contributed by atoms with E-state index < -0.39 is 0 Å². The van der Waals surface area contributed by atoms with Crippen molar-refractivity contribution in [2.45, 2.75) is 39.8 Å². The van der Waals surface area contributed by atoms with Crippen LogP contribution in [0.4, 0.5) is 0 Å². The molecule has 0 aromatic heterocycles. The van der Waals surface area contributed by atoms with Crippen LogP contribution in [-0.4, -0.2) is 18.1 Å². The van der Waals surface area contributed by atoms with Gasteiger partial charge in [-0.25, -0.2) is 0 Å². The Kier molecular flexibility index (Phi) is 5.00. The van der Waals surface area contributed by atoms with Crippen LogP contribution < -0.4 is 10.1 Å². The van der Waals surface area contributed by atoms with Gasteiger partial charge in [-0.2, -0.15) is 0 Å². The fourth-order valence-corrected chi connectivity index (χ4v) is 1.81. The molecule has 0 aliphatic heterocycles. The van der Waals surface area contributed by atoms with Gasteiger partial charge >= 0.3 is 0 Å². The summed E-state index contributed by atoms with van der Waals surface area (Å²) in [5.74, 6) is 0.679. The van der Waals surface area contributed by atoms with Crippen LogP contribution in [0.2, 0.25) is 0 Å². The van der Waals surface area contributed by atoms with Gasteiger partial charge in [-0.05, 0) is 61.8 Å². The van der Waals surface area contributed by atoms with Crippen molar-refractivity contribution < 1.29 is 9.53 Å². The summed E-state index contributed by atoms with van der Waals surface area (Å²) in [6, 6.07) is 5.47. The summed E-state index contributed by atoms with van der Waals surface area (Å²) in [6.07, 6.45) is 0.113. The Morgan fingerprint density at radius 1 is 1.29 bits per heavy atom. The third kappa shape index (κ3) is 4.38. The maximum Gasteiger partial charge on any atom is 0.251 e. The number of carbonyl (C=O) groups is 1. The molecule has 1 aromatic carbocycles. The van der Waals surface area contributed by atoms with Gasteiger partial charge in [-0.15, -0.1) is 0 Å². The second-order valence-corrected chi connectivity index (χ2v) is 5.29. The third-order valence-corrected chi connectivity index (χ3v) is 2.60. The minimum atomic E-state index is -0.0724. The topological polar surface area (TPSA) is 38.3 Å². The van der Waals surface area contributed by atoms with E-state index in [2.05, 4.69) is 21.2 Å². The van der Waals surface area contributed by atoms with Crippen molar-refractivity contribution >= 4 is 21.8 Å². The Morgan fingerprint density at radius 3 is 2.41 bits per heavy atom. The molecule has 0 aliphatic rings. The standard InChI is InChI=1S/C13H18BrNO2/c1-8(2)15-13(16)10-5-6-12(11(14)7-10)17-9(3)4/h5-9H,1-4H3,(H,15,16). The van der Waals surface area contributed by atoms with E-state index in [0.717, 1.165) is 10.2 Å². The normalized spacial score (nSPS) is 10.8. The molecule has 0 heterocycles. The quantitative estimate of drug-likeness (QED) is 0.926. The van der Waals surface area contributed by atoms with Crippen molar-refractivity contribution in [3.63, 3.8) is 0 Å². The monoisotopic (exact) mass is 299 g/mol. The van der Waals surface area contributed by atoms with Crippen molar-refractivity contribution in [2.75, 3.05) is 0 Å². The first-order valence-corrected chi connectivity index (χ1v) is 6.46. The summed E-state index contributed by atoms with van der Waals surface area (Å²) in [6.45, 7) is 7.80. The van der Waals surface area contributed by atoms with E-state index in [1.165, 1.54) is 0 Å². The molecule has 1 amide bonds. The lowest BCUT2D eigenvalue weighted by Crippen LogP contribution is -2.30. The first-order chi connectivity index (χ1) is 7.90. The highest BCUT2D eigenvalue weighted by molar-refractivity contribution is 9.10. The molecular formula is C13H18BrNO2. The molecule has 0 unspecified atom stereocenters. The molecule has 0 bridgehead atoms. The number of halogens is 1. The number of amides is 1. The molecule has 3 nitrogen and oxygen atoms in total. The smallest absolute Gasteiger partial charge is 0.251 e. The lowest BCUT2D eigenvalue weighted by Gasteiger charge is -2.13. The second kappa shape index (κ2) is 6.05. The van der Waals surface area contributed by atoms with Crippen molar-refractivity contribution in [3.05, 3.63) is 28.2 Å². The van der Waals surface area contributed by atoms with Crippen LogP contribution in [-0.2, 0) is 0 Å². The predicted molar refractivity (Wildman–Crippen MR) is 72.5 cm³/mol. The van der Waals surface area contributed by atoms with Crippen LogP contribution in [0.3, 0.4) is 0 Å². The van der Waals surface area contributed by atoms with Gasteiger partial charge in [0.1, 0.15) is 5.75 Å². The Morgan fingerprint density at radius 2 is 1.94 bits per heavy atom. The van der Waals surface area contributed by atoms with Crippen molar-refractivity contribution in [3.8, 4) is 5.75 Å². The van der Waals surface area contributed by atoms with Gasteiger partial charge < -0.3 is 10.1 Å². The van der Waals surface area contributed by atoms with Crippen molar-refractivity contribution in [2.24, 2.45) is 0 Å². The number of benzene rings is 1. The van der Waals surface area contributed by atoms with Crippen LogP contribution in [0, 0.1) is 0 Å². The van der Waals surface area contributed by atoms with Gasteiger partial charge in [0, 0.05) is 11.6 Å². The van der Waals surface area contributed by atoms with E-state index in [1.807, 2.05) is 27.7 Å². The van der Waals surface area contributed by atoms with Gasteiger partial charge in [0.2, 0.25) is 0 Å². The minimum Gasteiger partial charge on any atom is -0.490 e. The van der Waals surface area contributed by atoms with E-state index in [9.17, 15) is 4.79 Å². The first-order valence-electron chi connectivity index (χ1n) is 5.67. The maximum atomic E-state index is 11.8. The van der Waals surface area contributed by atoms with Crippen LogP contribution in [0.25, 0.3) is 0 Å². The Labute approximate surface area is 111 Å². The molecule has 17 heavy (non-hydrogen) atoms. The summed E-state index contributed by atoms with van der Waals surface area (Å²) in [7, 11) is 0. The lowest BCUT2D eigenvalue weighted by atomic mass is 10.2. The largest absolute Gasteiger partial charge is 0.490 e. The Bertz CT molecular complexity index is 402. The molecular weight excluding hydrogens is 282 g/mol. The SMILES string of the molecule is CC(C)NC(=O)c1ccc(OC(C)C)c(Br)c1. The fraction of sp³-hybridized carbons (Fsp3) is 0.462. The molecule has 0 aliphatic carbocycles. The number of ether oxygens (including phenoxy) is 1. The number of hydrogen-bond donors (Lipinski definition) is 1. The van der Waals surface area contributed by atoms with Crippen LogP contribution in [0.1, 0.15) is 38.1 Å². The molecule has 0 fully saturated rings. The summed E-state index contributed by atoms with van der Waals surface area (Å²) >= 11 is 3.41. The molecule has 1 rings (SSSR count). The maximum absolute atomic E-state index is 11.8. The molecule has 0 spiro atoms. The van der Waals surface area contributed by atoms with E-state index >= 15 is 0 Å². The Hall–Kier alpha value is -1.03. The molecule has 94 valence electrons. The van der Waals surface area contributed by atoms with Gasteiger partial charge in [-0.3, -0.25) is 4.79 Å². The van der Waals surface area contributed by atoms with E-state index in [0.29, 0.717) is 5.56 Å². The zero-order valence-corrected chi connectivity index (χ0v) is 12.2. The van der Waals surface area contributed by atoms with Gasteiger partial charge in [-0.1, -0.05) is 0 Å². The van der Waals surface area contributed by atoms with E-state index in [-0.39, 0.29) is 18.1 Å². The molecule has 0 saturated carbocycles. The molecule has 4 heteroatoms. The van der Waals surface area contributed by atoms with Crippen LogP contribution >= 0.6 is 15.9 Å². The van der Waals surface area contributed by atoms with E-state index in [1.54, 1.807) is 18.2 Å². The Balaban J connectivity index is 2.85. The third-order valence-electron chi connectivity index (χ3n) is 1.98. The van der Waals surface area contributed by atoms with Crippen LogP contribution in [0.5, 0.6) is 5.75 Å². The molecule has 0 saturated heterocycles. The van der Waals surface area contributed by atoms with Crippen molar-refractivity contribution in [1.82, 2.24) is 5.32 Å². The summed E-state index contributed by atoms with van der Waals surface area (Å²) in [4.78, 5) is 11.8. The zero-order valence-electron chi connectivity index (χ0n) is 10.6. The molecule has 1 N–H and O–H groups in total. The van der Waals surface area contributed by atoms with Crippen LogP contribution in [0.15, 0.2) is 22.7 Å². The minimum absolute atomic E-state index is 0.0724. The molecule has 0 radical (unpaired) electrons. The van der Waals surface area contributed by atoms with Gasteiger partial charge in [0.15, 0.2) is 0 Å². The number of carbonyl (C=O) groups excluding carboxylic acids is 1. The van der Waals surface area contributed by atoms with Gasteiger partial charge in [0.25, 0.3) is 5.91 Å². The summed E-state index contributed by atoms with van der Waals surface area (Å²) in [5.41, 5.74) is 0.627. The van der Waals surface area contributed by atoms with Crippen molar-refractivity contribution in [1.29, 1.82) is 0 Å². The van der Waals surface area contributed by atoms with E-state index in [4.69, 9.17) is 4.74 Å². The summed E-state index contributed by atoms with van der Waals surface area (Å²) in [5, 5.41) is 2.85. The average Bonchev–Trinajstić information content (AvgIpc) is 2.19. The van der Waals surface area contributed by atoms with Gasteiger partial charge in [0.05, 0.1) is 10.6 Å². The lowest BCUT2D eigenvalue weighted by molar-refractivity contribution is 0.0943. The average molecular weight is 300 g/mol.